The summed E-state index contributed by atoms with van der Waals surface area (Å²) in [6, 6.07) is 14.4. The predicted molar refractivity (Wildman–Crippen MR) is 109 cm³/mol. The molecule has 0 saturated heterocycles. The monoisotopic (exact) mass is 435 g/mol. The van der Waals surface area contributed by atoms with E-state index in [1.165, 1.54) is 0 Å². The highest BCUT2D eigenvalue weighted by atomic mass is 79.9. The Bertz CT molecular complexity index is 867. The highest BCUT2D eigenvalue weighted by molar-refractivity contribution is 9.10. The summed E-state index contributed by atoms with van der Waals surface area (Å²) in [7, 11) is 0. The number of anilines is 1. The molecule has 2 aromatic rings. The number of carbonyl (C=O) groups excluding carboxylic acids is 1. The van der Waals surface area contributed by atoms with Crippen LogP contribution in [0.1, 0.15) is 18.5 Å². The summed E-state index contributed by atoms with van der Waals surface area (Å²) in [6.45, 7) is 1.84. The van der Waals surface area contributed by atoms with Gasteiger partial charge in [0.2, 0.25) is 0 Å². The Morgan fingerprint density at radius 2 is 1.88 bits per heavy atom. The van der Waals surface area contributed by atoms with Crippen molar-refractivity contribution in [2.24, 2.45) is 0 Å². The van der Waals surface area contributed by atoms with Crippen LogP contribution in [-0.2, 0) is 4.79 Å². The molecule has 1 amide bonds. The summed E-state index contributed by atoms with van der Waals surface area (Å²) in [5, 5.41) is 10.2. The predicted octanol–water partition coefficient (Wildman–Crippen LogP) is 4.53. The molecule has 128 valence electrons. The fourth-order valence-electron chi connectivity index (χ4n) is 2.67. The first-order valence-corrected chi connectivity index (χ1v) is 9.13. The molecule has 25 heavy (non-hydrogen) atoms. The number of nitrogens with one attached hydrogen (secondary N) is 3. The minimum atomic E-state index is -0.350. The van der Waals surface area contributed by atoms with E-state index in [2.05, 4.69) is 31.9 Å². The van der Waals surface area contributed by atoms with E-state index in [9.17, 15) is 4.79 Å². The van der Waals surface area contributed by atoms with Crippen LogP contribution >= 0.6 is 39.7 Å². The maximum atomic E-state index is 12.9. The van der Waals surface area contributed by atoms with Crippen LogP contribution in [0.5, 0.6) is 0 Å². The summed E-state index contributed by atoms with van der Waals surface area (Å²) < 4.78 is 0.904. The molecule has 0 saturated carbocycles. The van der Waals surface area contributed by atoms with Gasteiger partial charge in [0.05, 0.1) is 11.6 Å². The number of allylic oxidation sites excluding steroid dienone is 1. The molecule has 0 aliphatic carbocycles. The van der Waals surface area contributed by atoms with Gasteiger partial charge >= 0.3 is 0 Å². The minimum absolute atomic E-state index is 0.205. The van der Waals surface area contributed by atoms with Gasteiger partial charge in [-0.05, 0) is 55.0 Å². The van der Waals surface area contributed by atoms with Crippen LogP contribution in [0.2, 0.25) is 5.02 Å². The first-order chi connectivity index (χ1) is 12.0. The third-order valence-corrected chi connectivity index (χ3v) is 5.03. The Balaban J connectivity index is 1.96. The molecule has 7 heteroatoms. The Kier molecular flexibility index (Phi) is 5.42. The van der Waals surface area contributed by atoms with Gasteiger partial charge in [0.1, 0.15) is 0 Å². The molecule has 1 unspecified atom stereocenters. The lowest BCUT2D eigenvalue weighted by molar-refractivity contribution is -0.113. The second-order valence-electron chi connectivity index (χ2n) is 5.55. The first kappa shape index (κ1) is 17.9. The van der Waals surface area contributed by atoms with Crippen molar-refractivity contribution >= 4 is 56.5 Å². The largest absolute Gasteiger partial charge is 0.351 e. The van der Waals surface area contributed by atoms with E-state index < -0.39 is 0 Å². The molecule has 1 heterocycles. The fourth-order valence-corrected chi connectivity index (χ4v) is 3.58. The maximum Gasteiger partial charge on any atom is 0.255 e. The van der Waals surface area contributed by atoms with Crippen molar-refractivity contribution in [2.45, 2.75) is 13.0 Å². The Morgan fingerprint density at radius 1 is 1.20 bits per heavy atom. The van der Waals surface area contributed by atoms with Crippen molar-refractivity contribution in [1.82, 2.24) is 10.6 Å². The van der Waals surface area contributed by atoms with Gasteiger partial charge < -0.3 is 16.0 Å². The fraction of sp³-hybridized carbons (Fsp3) is 0.111. The zero-order chi connectivity index (χ0) is 18.0. The maximum absolute atomic E-state index is 12.9. The molecule has 0 spiro atoms. The number of benzene rings is 2. The summed E-state index contributed by atoms with van der Waals surface area (Å²) in [4.78, 5) is 12.9. The van der Waals surface area contributed by atoms with Crippen LogP contribution in [0, 0.1) is 0 Å². The van der Waals surface area contributed by atoms with Gasteiger partial charge in [-0.15, -0.1) is 0 Å². The van der Waals surface area contributed by atoms with Crippen LogP contribution in [0.15, 0.2) is 64.3 Å². The Labute approximate surface area is 164 Å². The summed E-state index contributed by atoms with van der Waals surface area (Å²) in [5.41, 5.74) is 2.91. The van der Waals surface area contributed by atoms with Crippen LogP contribution in [0.3, 0.4) is 0 Å². The SMILES string of the molecule is CC1=C(C(=O)Nc2ccc(Cl)cc2)C(c2ccccc2Br)NC(=S)N1. The molecule has 3 N–H and O–H groups in total. The lowest BCUT2D eigenvalue weighted by Crippen LogP contribution is -2.45. The number of amides is 1. The molecular formula is C18H15BrClN3OS. The molecule has 1 aliphatic heterocycles. The molecule has 3 rings (SSSR count). The van der Waals surface area contributed by atoms with Crippen LogP contribution in [0.25, 0.3) is 0 Å². The standard InChI is InChI=1S/C18H15BrClN3OS/c1-10-15(17(24)22-12-8-6-11(20)7-9-12)16(23-18(25)21-10)13-4-2-3-5-14(13)19/h2-9,16H,1H3,(H,22,24)(H2,21,23,25). The lowest BCUT2D eigenvalue weighted by Gasteiger charge is -2.31. The summed E-state index contributed by atoms with van der Waals surface area (Å²) in [5.74, 6) is -0.205. The van der Waals surface area contributed by atoms with Crippen molar-refractivity contribution in [3.8, 4) is 0 Å². The number of rotatable bonds is 3. The smallest absolute Gasteiger partial charge is 0.255 e. The van der Waals surface area contributed by atoms with E-state index in [4.69, 9.17) is 23.8 Å². The molecular weight excluding hydrogens is 422 g/mol. The van der Waals surface area contributed by atoms with Crippen LogP contribution < -0.4 is 16.0 Å². The van der Waals surface area contributed by atoms with E-state index in [1.54, 1.807) is 24.3 Å². The summed E-state index contributed by atoms with van der Waals surface area (Å²) >= 11 is 14.7. The van der Waals surface area contributed by atoms with Crippen LogP contribution in [-0.4, -0.2) is 11.0 Å². The topological polar surface area (TPSA) is 53.2 Å². The average molecular weight is 437 g/mol. The van der Waals surface area contributed by atoms with Crippen molar-refractivity contribution in [3.63, 3.8) is 0 Å². The molecule has 2 aromatic carbocycles. The highest BCUT2D eigenvalue weighted by Crippen LogP contribution is 2.32. The van der Waals surface area contributed by atoms with E-state index in [0.717, 1.165) is 15.7 Å². The van der Waals surface area contributed by atoms with Gasteiger partial charge in [-0.1, -0.05) is 45.7 Å². The normalized spacial score (nSPS) is 16.9. The van der Waals surface area contributed by atoms with Gasteiger partial charge in [0, 0.05) is 20.9 Å². The first-order valence-electron chi connectivity index (χ1n) is 7.55. The zero-order valence-electron chi connectivity index (χ0n) is 13.3. The third kappa shape index (κ3) is 4.03. The average Bonchev–Trinajstić information content (AvgIpc) is 2.56. The van der Waals surface area contributed by atoms with Gasteiger partial charge in [-0.3, -0.25) is 4.79 Å². The number of hydrogen-bond donors (Lipinski definition) is 3. The second-order valence-corrected chi connectivity index (χ2v) is 7.25. The number of hydrogen-bond acceptors (Lipinski definition) is 2. The van der Waals surface area contributed by atoms with Crippen molar-refractivity contribution in [3.05, 3.63) is 74.9 Å². The van der Waals surface area contributed by atoms with Crippen LogP contribution in [0.4, 0.5) is 5.69 Å². The third-order valence-electron chi connectivity index (χ3n) is 3.83. The quantitative estimate of drug-likeness (QED) is 0.619. The Morgan fingerprint density at radius 3 is 2.56 bits per heavy atom. The summed E-state index contributed by atoms with van der Waals surface area (Å²) in [6.07, 6.45) is 0. The number of carbonyl (C=O) groups is 1. The van der Waals surface area contributed by atoms with Gasteiger partial charge in [0.25, 0.3) is 5.91 Å². The number of thiocarbonyl (C=S) groups is 1. The van der Waals surface area contributed by atoms with Gasteiger partial charge in [-0.2, -0.15) is 0 Å². The molecule has 0 fully saturated rings. The molecule has 0 aromatic heterocycles. The van der Waals surface area contributed by atoms with Crippen molar-refractivity contribution < 1.29 is 4.79 Å². The highest BCUT2D eigenvalue weighted by Gasteiger charge is 2.30. The van der Waals surface area contributed by atoms with Crippen molar-refractivity contribution in [1.29, 1.82) is 0 Å². The lowest BCUT2D eigenvalue weighted by atomic mass is 9.95. The zero-order valence-corrected chi connectivity index (χ0v) is 16.4. The van der Waals surface area contributed by atoms with Gasteiger partial charge in [0.15, 0.2) is 5.11 Å². The van der Waals surface area contributed by atoms with E-state index >= 15 is 0 Å². The van der Waals surface area contributed by atoms with E-state index in [1.807, 2.05) is 31.2 Å². The minimum Gasteiger partial charge on any atom is -0.351 e. The number of halogens is 2. The molecule has 1 aliphatic rings. The molecule has 1 atom stereocenters. The van der Waals surface area contributed by atoms with E-state index in [-0.39, 0.29) is 11.9 Å². The van der Waals surface area contributed by atoms with Crippen molar-refractivity contribution in [2.75, 3.05) is 5.32 Å². The molecule has 4 nitrogen and oxygen atoms in total. The Hall–Kier alpha value is -1.89. The molecule has 0 radical (unpaired) electrons. The second kappa shape index (κ2) is 7.56. The van der Waals surface area contributed by atoms with Gasteiger partial charge in [-0.25, -0.2) is 0 Å². The molecule has 0 bridgehead atoms. The van der Waals surface area contributed by atoms with E-state index in [0.29, 0.717) is 21.4 Å².